The number of imidazole rings is 4. The van der Waals surface area contributed by atoms with E-state index in [4.69, 9.17) is 20.5 Å². The van der Waals surface area contributed by atoms with Crippen LogP contribution in [0.15, 0.2) is 160 Å². The van der Waals surface area contributed by atoms with Gasteiger partial charge in [-0.1, -0.05) is 60.7 Å². The standard InChI is InChI=1S/C38H34N10.2C2H3N.4F6P/c1-3-35-39-36(4-1)46-20-16-42(28-46)24-32-9-13-34(14-10-32)26-44-18-22-48(30-44)38-6-2-5-37(40-38)47-21-17-43(29-47)25-33-11-7-31(8-12-33)23-41-15-19-45(35)27-41;2*1-2-3;4*1-7(2,3,4,5)6/h1-22,27-30H,23-26H2;2*1H3;;;;/q+4;;;4*-1. The van der Waals surface area contributed by atoms with Crippen LogP contribution in [-0.4, -0.2) is 28.2 Å². The van der Waals surface area contributed by atoms with Crippen LogP contribution in [0.2, 0.25) is 0 Å². The molecule has 0 aliphatic carbocycles. The van der Waals surface area contributed by atoms with Gasteiger partial charge in [0.05, 0.1) is 12.1 Å². The van der Waals surface area contributed by atoms with E-state index in [1.54, 1.807) is 12.1 Å². The second kappa shape index (κ2) is 21.4. The van der Waals surface area contributed by atoms with Gasteiger partial charge in [0.1, 0.15) is 75.8 Å². The van der Waals surface area contributed by atoms with Crippen LogP contribution in [-0.2, 0) is 26.2 Å². The fourth-order valence-electron chi connectivity index (χ4n) is 6.24. The molecule has 12 nitrogen and oxygen atoms in total. The largest absolute Gasteiger partial charge is 0.250 e. The summed E-state index contributed by atoms with van der Waals surface area (Å²) in [4.78, 5) is 9.93. The van der Waals surface area contributed by atoms with Crippen molar-refractivity contribution in [1.29, 1.82) is 10.5 Å². The van der Waals surface area contributed by atoms with Crippen LogP contribution >= 0.6 is 31.2 Å². The first-order valence-electron chi connectivity index (χ1n) is 21.6. The maximum Gasteiger partial charge on any atom is 0.250 e. The van der Waals surface area contributed by atoms with Gasteiger partial charge >= 0.3 is 132 Å². The molecule has 8 aromatic rings. The number of aromatic nitrogens is 10. The molecular formula is C42H40F24N12P4. The molecule has 40 heteroatoms. The van der Waals surface area contributed by atoms with Crippen molar-refractivity contribution in [3.63, 3.8) is 0 Å². The van der Waals surface area contributed by atoms with E-state index in [2.05, 4.69) is 172 Å². The van der Waals surface area contributed by atoms with E-state index in [1.807, 2.05) is 24.3 Å². The van der Waals surface area contributed by atoms with E-state index in [0.29, 0.717) is 0 Å². The molecule has 4 aliphatic heterocycles. The van der Waals surface area contributed by atoms with Crippen molar-refractivity contribution < 1.29 is 119 Å². The average molecular weight is 1290 g/mol. The topological polar surface area (TPSA) is 109 Å². The fraction of sp³-hybridized carbons (Fsp3) is 0.143. The molecule has 2 aromatic carbocycles. The van der Waals surface area contributed by atoms with Crippen molar-refractivity contribution in [2.45, 2.75) is 40.0 Å². The molecule has 0 amide bonds. The predicted octanol–water partition coefficient (Wildman–Crippen LogP) is 17.9. The first-order chi connectivity index (χ1) is 36.3. The molecule has 10 heterocycles. The first-order valence-corrected chi connectivity index (χ1v) is 29.7. The Labute approximate surface area is 445 Å². The number of benzene rings is 2. The molecule has 0 N–H and O–H groups in total. The number of pyridine rings is 2. The van der Waals surface area contributed by atoms with Gasteiger partial charge in [-0.3, -0.25) is 0 Å². The molecule has 0 saturated carbocycles. The Kier molecular flexibility index (Phi) is 18.0. The van der Waals surface area contributed by atoms with Gasteiger partial charge in [-0.15, -0.1) is 0 Å². The zero-order valence-corrected chi connectivity index (χ0v) is 44.6. The van der Waals surface area contributed by atoms with Crippen LogP contribution in [0.3, 0.4) is 0 Å². The third-order valence-corrected chi connectivity index (χ3v) is 8.77. The van der Waals surface area contributed by atoms with Gasteiger partial charge in [-0.25, -0.2) is 18.3 Å². The van der Waals surface area contributed by atoms with Crippen molar-refractivity contribution in [2.24, 2.45) is 0 Å². The summed E-state index contributed by atoms with van der Waals surface area (Å²) in [6.07, 6.45) is 25.0. The summed E-state index contributed by atoms with van der Waals surface area (Å²) in [7, 11) is -42.6. The summed E-state index contributed by atoms with van der Waals surface area (Å²) in [5.74, 6) is 3.49. The van der Waals surface area contributed by atoms with Crippen LogP contribution in [0.25, 0.3) is 23.3 Å². The van der Waals surface area contributed by atoms with Gasteiger partial charge in [0, 0.05) is 38.1 Å². The monoisotopic (exact) mass is 1290 g/mol. The SMILES string of the molecule is CC#N.CC#N.F[P-](F)(F)(F)(F)F.F[P-](F)(F)(F)(F)F.F[P-](F)(F)(F)(F)F.F[P-](F)(F)(F)(F)F.c1cc2nc(c1)-n1cc[n+](c1)Cc1ccc(cc1)C[n+]1ccn(c1)-c1cccc(n1)-n1cc[n+](c1)Cc1ccc(cc1)C[n+]1ccn-2c1. The Morgan fingerprint density at radius 1 is 0.329 bits per heavy atom. The maximum absolute atomic E-state index is 10.7. The fourth-order valence-corrected chi connectivity index (χ4v) is 6.24. The number of nitrogens with zero attached hydrogens (tertiary/aromatic N) is 12. The second-order valence-electron chi connectivity index (χ2n) is 16.6. The molecule has 0 atom stereocenters. The van der Waals surface area contributed by atoms with Crippen molar-refractivity contribution >= 4 is 31.2 Å². The zero-order chi connectivity index (χ0) is 62.9. The van der Waals surface area contributed by atoms with Gasteiger partial charge in [0.15, 0.2) is 0 Å². The van der Waals surface area contributed by atoms with Crippen LogP contribution in [0.4, 0.5) is 101 Å². The minimum atomic E-state index is -10.7. The summed E-state index contributed by atoms with van der Waals surface area (Å²) >= 11 is 0. The second-order valence-corrected chi connectivity index (χ2v) is 24.3. The van der Waals surface area contributed by atoms with Gasteiger partial charge in [0.25, 0.3) is 25.3 Å². The average Bonchev–Trinajstić information content (AvgIpc) is 4.11. The summed E-state index contributed by atoms with van der Waals surface area (Å²) in [6.45, 7) is 5.97. The Morgan fingerprint density at radius 3 is 0.622 bits per heavy atom. The molecule has 0 fully saturated rings. The van der Waals surface area contributed by atoms with Crippen LogP contribution in [0, 0.1) is 22.7 Å². The molecule has 4 aliphatic rings. The smallest absolute Gasteiger partial charge is 0.232 e. The van der Waals surface area contributed by atoms with Crippen molar-refractivity contribution in [2.75, 3.05) is 0 Å². The maximum atomic E-state index is 9.87. The molecule has 82 heavy (non-hydrogen) atoms. The van der Waals surface area contributed by atoms with Crippen molar-refractivity contribution in [3.05, 3.63) is 182 Å². The molecule has 0 saturated heterocycles. The van der Waals surface area contributed by atoms with Crippen LogP contribution < -0.4 is 18.3 Å². The normalized spacial score (nSPS) is 15.5. The van der Waals surface area contributed by atoms with E-state index in [0.717, 1.165) is 49.5 Å². The predicted molar refractivity (Wildman–Crippen MR) is 253 cm³/mol. The van der Waals surface area contributed by atoms with Gasteiger partial charge in [0.2, 0.25) is 23.3 Å². The minimum Gasteiger partial charge on any atom is -0.232 e. The number of hydrogen-bond acceptors (Lipinski definition) is 4. The van der Waals surface area contributed by atoms with Gasteiger partial charge in [-0.05, 0) is 22.3 Å². The molecule has 0 spiro atoms. The number of rotatable bonds is 0. The molecule has 12 rings (SSSR count). The summed E-state index contributed by atoms with van der Waals surface area (Å²) in [5.41, 5.74) is 4.96. The number of nitriles is 2. The van der Waals surface area contributed by atoms with E-state index < -0.39 is 31.2 Å². The van der Waals surface area contributed by atoms with E-state index >= 15 is 0 Å². The van der Waals surface area contributed by atoms with E-state index in [1.165, 1.54) is 36.1 Å². The quantitative estimate of drug-likeness (QED) is 0.0856. The summed E-state index contributed by atoms with van der Waals surface area (Å²) < 4.78 is 254. The molecule has 6 aromatic heterocycles. The molecule has 0 radical (unpaired) electrons. The Hall–Kier alpha value is -7.40. The molecule has 456 valence electrons. The Morgan fingerprint density at radius 2 is 0.476 bits per heavy atom. The van der Waals surface area contributed by atoms with E-state index in [-0.39, 0.29) is 0 Å². The molecule has 16 bridgehead atoms. The van der Waals surface area contributed by atoms with Gasteiger partial charge < -0.3 is 0 Å². The third-order valence-electron chi connectivity index (χ3n) is 8.77. The number of halogens is 24. The van der Waals surface area contributed by atoms with E-state index in [9.17, 15) is 101 Å². The van der Waals surface area contributed by atoms with Crippen LogP contribution in [0.5, 0.6) is 0 Å². The third kappa shape index (κ3) is 36.8. The van der Waals surface area contributed by atoms with Crippen molar-refractivity contribution in [1.82, 2.24) is 28.2 Å². The van der Waals surface area contributed by atoms with Crippen LogP contribution in [0.1, 0.15) is 36.1 Å². The zero-order valence-electron chi connectivity index (χ0n) is 41.1. The first kappa shape index (κ1) is 68.9. The number of hydrogen-bond donors (Lipinski definition) is 0. The molecular weight excluding hydrogens is 1250 g/mol. The van der Waals surface area contributed by atoms with Crippen molar-refractivity contribution in [3.8, 4) is 35.4 Å². The van der Waals surface area contributed by atoms with Gasteiger partial charge in [-0.2, -0.15) is 38.8 Å². The Bertz CT molecular complexity index is 3050. The summed E-state index contributed by atoms with van der Waals surface area (Å²) in [6, 6.07) is 33.4. The molecule has 0 unspecified atom stereocenters. The Balaban J connectivity index is 0.000000424. The minimum absolute atomic E-state index is 0.776. The summed E-state index contributed by atoms with van der Waals surface area (Å²) in [5, 5.41) is 14.6.